The van der Waals surface area contributed by atoms with Crippen molar-refractivity contribution < 1.29 is 13.5 Å². The van der Waals surface area contributed by atoms with Gasteiger partial charge in [0.2, 0.25) is 10.0 Å². The smallest absolute Gasteiger partial charge is 0.240 e. The zero-order chi connectivity index (χ0) is 14.2. The Labute approximate surface area is 118 Å². The number of sulfonamides is 1. The number of aromatic hydroxyl groups is 1. The van der Waals surface area contributed by atoms with Gasteiger partial charge in [-0.1, -0.05) is 23.2 Å². The Morgan fingerprint density at radius 2 is 1.89 bits per heavy atom. The molecule has 2 aromatic heterocycles. The average molecular weight is 320 g/mol. The van der Waals surface area contributed by atoms with E-state index in [0.29, 0.717) is 0 Å². The van der Waals surface area contributed by atoms with Crippen LogP contribution < -0.4 is 5.14 Å². The number of hydrogen-bond acceptors (Lipinski definition) is 5. The van der Waals surface area contributed by atoms with Crippen molar-refractivity contribution in [2.24, 2.45) is 5.14 Å². The normalized spacial score (nSPS) is 11.5. The Kier molecular flexibility index (Phi) is 3.64. The van der Waals surface area contributed by atoms with Crippen molar-refractivity contribution in [2.75, 3.05) is 0 Å². The van der Waals surface area contributed by atoms with E-state index in [0.717, 1.165) is 0 Å². The van der Waals surface area contributed by atoms with Gasteiger partial charge in [0, 0.05) is 12.3 Å². The summed E-state index contributed by atoms with van der Waals surface area (Å²) in [5.74, 6) is -0.327. The van der Waals surface area contributed by atoms with Crippen molar-refractivity contribution >= 4 is 33.2 Å². The lowest BCUT2D eigenvalue weighted by atomic mass is 10.2. The fourth-order valence-corrected chi connectivity index (χ4v) is 2.40. The van der Waals surface area contributed by atoms with E-state index in [-0.39, 0.29) is 32.2 Å². The van der Waals surface area contributed by atoms with Gasteiger partial charge in [-0.3, -0.25) is 0 Å². The van der Waals surface area contributed by atoms with E-state index in [2.05, 4.69) is 9.97 Å². The molecular weight excluding hydrogens is 313 g/mol. The Bertz CT molecular complexity index is 750. The van der Waals surface area contributed by atoms with Gasteiger partial charge in [-0.25, -0.2) is 23.5 Å². The maximum absolute atomic E-state index is 11.5. The highest BCUT2D eigenvalue weighted by atomic mass is 35.5. The van der Waals surface area contributed by atoms with Crippen molar-refractivity contribution in [3.63, 3.8) is 0 Å². The van der Waals surface area contributed by atoms with E-state index in [4.69, 9.17) is 28.3 Å². The maximum atomic E-state index is 11.5. The summed E-state index contributed by atoms with van der Waals surface area (Å²) in [7, 11) is -4.03. The van der Waals surface area contributed by atoms with Crippen LogP contribution in [0.15, 0.2) is 29.3 Å². The number of halogens is 2. The first-order valence-electron chi connectivity index (χ1n) is 4.83. The number of aromatic nitrogens is 2. The van der Waals surface area contributed by atoms with Crippen LogP contribution in [0.4, 0.5) is 0 Å². The maximum Gasteiger partial charge on any atom is 0.240 e. The van der Waals surface area contributed by atoms with E-state index in [1.165, 1.54) is 24.4 Å². The standard InChI is InChI=1S/C10H7Cl2N3O3S/c11-5-3-6(16)9(14-4-5)10-7(19(13,17)18)1-2-8(12)15-10/h1-4,16H,(H2,13,17,18). The summed E-state index contributed by atoms with van der Waals surface area (Å²) in [5, 5.41) is 15.1. The number of rotatable bonds is 2. The van der Waals surface area contributed by atoms with Crippen LogP contribution in [0.2, 0.25) is 10.2 Å². The van der Waals surface area contributed by atoms with E-state index < -0.39 is 10.0 Å². The van der Waals surface area contributed by atoms with Gasteiger partial charge in [0.1, 0.15) is 27.2 Å². The summed E-state index contributed by atoms with van der Waals surface area (Å²) < 4.78 is 23.0. The summed E-state index contributed by atoms with van der Waals surface area (Å²) in [4.78, 5) is 7.39. The molecule has 0 saturated heterocycles. The highest BCUT2D eigenvalue weighted by molar-refractivity contribution is 7.89. The second kappa shape index (κ2) is 4.93. The second-order valence-corrected chi connectivity index (χ2v) is 5.90. The third kappa shape index (κ3) is 2.95. The zero-order valence-corrected chi connectivity index (χ0v) is 11.5. The van der Waals surface area contributed by atoms with Crippen molar-refractivity contribution in [1.82, 2.24) is 9.97 Å². The highest BCUT2D eigenvalue weighted by Gasteiger charge is 2.20. The zero-order valence-electron chi connectivity index (χ0n) is 9.21. The molecule has 100 valence electrons. The van der Waals surface area contributed by atoms with Crippen LogP contribution >= 0.6 is 23.2 Å². The molecule has 3 N–H and O–H groups in total. The fourth-order valence-electron chi connectivity index (χ4n) is 1.43. The summed E-state index contributed by atoms with van der Waals surface area (Å²) in [6.07, 6.45) is 1.24. The minimum Gasteiger partial charge on any atom is -0.506 e. The van der Waals surface area contributed by atoms with Crippen LogP contribution in [0.3, 0.4) is 0 Å². The van der Waals surface area contributed by atoms with Gasteiger partial charge >= 0.3 is 0 Å². The molecule has 0 atom stereocenters. The Balaban J connectivity index is 2.77. The molecule has 0 aliphatic carbocycles. The van der Waals surface area contributed by atoms with Gasteiger partial charge in [-0.15, -0.1) is 0 Å². The van der Waals surface area contributed by atoms with Gasteiger partial charge in [0.15, 0.2) is 0 Å². The van der Waals surface area contributed by atoms with Gasteiger partial charge in [-0.2, -0.15) is 0 Å². The lowest BCUT2D eigenvalue weighted by Crippen LogP contribution is -2.14. The molecule has 0 spiro atoms. The molecule has 0 aromatic carbocycles. The minimum atomic E-state index is -4.03. The van der Waals surface area contributed by atoms with Crippen LogP contribution in [0, 0.1) is 0 Å². The Morgan fingerprint density at radius 1 is 1.21 bits per heavy atom. The molecule has 19 heavy (non-hydrogen) atoms. The van der Waals surface area contributed by atoms with E-state index in [9.17, 15) is 13.5 Å². The molecule has 9 heteroatoms. The van der Waals surface area contributed by atoms with Crippen LogP contribution in [0.25, 0.3) is 11.4 Å². The summed E-state index contributed by atoms with van der Waals surface area (Å²) >= 11 is 11.4. The molecule has 0 radical (unpaired) electrons. The molecule has 0 amide bonds. The predicted octanol–water partition coefficient (Wildman–Crippen LogP) is 1.80. The topological polar surface area (TPSA) is 106 Å². The molecule has 0 aliphatic rings. The predicted molar refractivity (Wildman–Crippen MR) is 70.5 cm³/mol. The van der Waals surface area contributed by atoms with Crippen molar-refractivity contribution in [1.29, 1.82) is 0 Å². The van der Waals surface area contributed by atoms with E-state index in [1.54, 1.807) is 0 Å². The van der Waals surface area contributed by atoms with Crippen LogP contribution in [0.5, 0.6) is 5.75 Å². The number of pyridine rings is 2. The third-order valence-electron chi connectivity index (χ3n) is 2.19. The van der Waals surface area contributed by atoms with E-state index >= 15 is 0 Å². The van der Waals surface area contributed by atoms with Crippen molar-refractivity contribution in [3.05, 3.63) is 34.6 Å². The second-order valence-electron chi connectivity index (χ2n) is 3.55. The first-order chi connectivity index (χ1) is 8.79. The Hall–Kier alpha value is -1.41. The van der Waals surface area contributed by atoms with Crippen LogP contribution in [-0.2, 0) is 10.0 Å². The lowest BCUT2D eigenvalue weighted by molar-refractivity contribution is 0.474. The van der Waals surface area contributed by atoms with Crippen molar-refractivity contribution in [3.8, 4) is 17.1 Å². The fraction of sp³-hybridized carbons (Fsp3) is 0. The molecule has 0 fully saturated rings. The molecule has 0 aliphatic heterocycles. The van der Waals surface area contributed by atoms with Gasteiger partial charge < -0.3 is 5.11 Å². The van der Waals surface area contributed by atoms with Gasteiger partial charge in [-0.05, 0) is 12.1 Å². The van der Waals surface area contributed by atoms with Gasteiger partial charge in [0.25, 0.3) is 0 Å². The molecule has 0 bridgehead atoms. The largest absolute Gasteiger partial charge is 0.506 e. The molecule has 6 nitrogen and oxygen atoms in total. The van der Waals surface area contributed by atoms with Gasteiger partial charge in [0.05, 0.1) is 5.02 Å². The first kappa shape index (κ1) is 14.0. The number of hydrogen-bond donors (Lipinski definition) is 2. The van der Waals surface area contributed by atoms with Crippen LogP contribution in [0.1, 0.15) is 0 Å². The third-order valence-corrected chi connectivity index (χ3v) is 3.55. The molecule has 2 aromatic rings. The van der Waals surface area contributed by atoms with E-state index in [1.807, 2.05) is 0 Å². The average Bonchev–Trinajstić information content (AvgIpc) is 2.27. The molecule has 2 rings (SSSR count). The monoisotopic (exact) mass is 319 g/mol. The molecule has 0 saturated carbocycles. The quantitative estimate of drug-likeness (QED) is 0.821. The Morgan fingerprint density at radius 3 is 2.47 bits per heavy atom. The van der Waals surface area contributed by atoms with Crippen LogP contribution in [-0.4, -0.2) is 23.5 Å². The van der Waals surface area contributed by atoms with Crippen molar-refractivity contribution in [2.45, 2.75) is 4.90 Å². The first-order valence-corrected chi connectivity index (χ1v) is 7.13. The summed E-state index contributed by atoms with van der Waals surface area (Å²) in [6, 6.07) is 3.67. The number of primary sulfonamides is 1. The highest BCUT2D eigenvalue weighted by Crippen LogP contribution is 2.32. The lowest BCUT2D eigenvalue weighted by Gasteiger charge is -2.08. The molecule has 2 heterocycles. The molecular formula is C10H7Cl2N3O3S. The number of nitrogens with zero attached hydrogens (tertiary/aromatic N) is 2. The number of nitrogens with two attached hydrogens (primary N) is 1. The summed E-state index contributed by atoms with van der Waals surface area (Å²) in [5.41, 5.74) is -0.208. The minimum absolute atomic E-state index is 0.0403. The molecule has 0 unspecified atom stereocenters. The SMILES string of the molecule is NS(=O)(=O)c1ccc(Cl)nc1-c1ncc(Cl)cc1O. The summed E-state index contributed by atoms with van der Waals surface area (Å²) in [6.45, 7) is 0.